The van der Waals surface area contributed by atoms with Crippen LogP contribution in [0.3, 0.4) is 0 Å². The maximum absolute atomic E-state index is 3.68. The van der Waals surface area contributed by atoms with E-state index in [1.165, 1.54) is 36.8 Å². The van der Waals surface area contributed by atoms with Gasteiger partial charge in [0.25, 0.3) is 0 Å². The molecule has 1 aliphatic rings. The Hall–Kier alpha value is -0.820. The van der Waals surface area contributed by atoms with Crippen LogP contribution in [0.2, 0.25) is 0 Å². The van der Waals surface area contributed by atoms with E-state index in [1.807, 2.05) is 0 Å². The summed E-state index contributed by atoms with van der Waals surface area (Å²) in [5, 5.41) is 3.68. The van der Waals surface area contributed by atoms with Crippen LogP contribution in [-0.2, 0) is 0 Å². The average Bonchev–Trinajstić information content (AvgIpc) is 2.34. The molecule has 17 heavy (non-hydrogen) atoms. The summed E-state index contributed by atoms with van der Waals surface area (Å²) in [6.07, 6.45) is 5.47. The van der Waals surface area contributed by atoms with Crippen LogP contribution >= 0.6 is 0 Å². The normalized spacial score (nSPS) is 24.9. The van der Waals surface area contributed by atoms with E-state index in [2.05, 4.69) is 44.3 Å². The molecule has 1 heteroatoms. The van der Waals surface area contributed by atoms with Crippen molar-refractivity contribution in [3.8, 4) is 0 Å². The van der Waals surface area contributed by atoms with E-state index in [4.69, 9.17) is 0 Å². The van der Waals surface area contributed by atoms with Crippen LogP contribution in [-0.4, -0.2) is 12.6 Å². The molecule has 2 unspecified atom stereocenters. The Labute approximate surface area is 106 Å². The van der Waals surface area contributed by atoms with Gasteiger partial charge in [-0.05, 0) is 50.3 Å². The quantitative estimate of drug-likeness (QED) is 0.831. The Bertz CT molecular complexity index is 368. The van der Waals surface area contributed by atoms with Crippen molar-refractivity contribution in [2.45, 2.75) is 58.4 Å². The minimum atomic E-state index is 0.689. The van der Waals surface area contributed by atoms with Crippen molar-refractivity contribution in [2.75, 3.05) is 6.54 Å². The number of nitrogens with one attached hydrogen (secondary N) is 1. The van der Waals surface area contributed by atoms with Crippen molar-refractivity contribution in [1.29, 1.82) is 0 Å². The van der Waals surface area contributed by atoms with E-state index < -0.39 is 0 Å². The van der Waals surface area contributed by atoms with Crippen LogP contribution in [0.5, 0.6) is 0 Å². The van der Waals surface area contributed by atoms with Crippen LogP contribution in [0.25, 0.3) is 0 Å². The highest BCUT2D eigenvalue weighted by atomic mass is 14.9. The lowest BCUT2D eigenvalue weighted by Crippen LogP contribution is -2.37. The highest BCUT2D eigenvalue weighted by molar-refractivity contribution is 5.34. The third-order valence-electron chi connectivity index (χ3n) is 4.07. The van der Waals surface area contributed by atoms with Crippen molar-refractivity contribution in [1.82, 2.24) is 5.32 Å². The molecule has 0 amide bonds. The van der Waals surface area contributed by atoms with Crippen LogP contribution in [0.4, 0.5) is 0 Å². The van der Waals surface area contributed by atoms with Crippen molar-refractivity contribution < 1.29 is 0 Å². The predicted octanol–water partition coefficient (Wildman–Crippen LogP) is 3.94. The second-order valence-electron chi connectivity index (χ2n) is 5.42. The molecular weight excluding hydrogens is 206 g/mol. The smallest absolute Gasteiger partial charge is 0.0136 e. The fourth-order valence-corrected chi connectivity index (χ4v) is 3.17. The number of rotatable bonds is 3. The van der Waals surface area contributed by atoms with Gasteiger partial charge >= 0.3 is 0 Å². The van der Waals surface area contributed by atoms with Gasteiger partial charge in [0, 0.05) is 6.04 Å². The molecule has 0 radical (unpaired) electrons. The first-order chi connectivity index (χ1) is 8.22. The third-order valence-corrected chi connectivity index (χ3v) is 4.07. The van der Waals surface area contributed by atoms with Gasteiger partial charge in [0.15, 0.2) is 0 Å². The minimum absolute atomic E-state index is 0.689. The van der Waals surface area contributed by atoms with Crippen molar-refractivity contribution in [2.24, 2.45) is 0 Å². The molecule has 0 aromatic heterocycles. The lowest BCUT2D eigenvalue weighted by molar-refractivity contribution is 0.332. The van der Waals surface area contributed by atoms with Gasteiger partial charge in [-0.15, -0.1) is 0 Å². The average molecular weight is 231 g/mol. The standard InChI is InChI=1S/C16H25N/c1-4-17-16-8-6-5-7-14(16)15-11-12(2)9-10-13(15)3/h9-11,14,16-17H,4-8H2,1-3H3. The van der Waals surface area contributed by atoms with E-state index in [0.29, 0.717) is 6.04 Å². The zero-order valence-electron chi connectivity index (χ0n) is 11.4. The maximum Gasteiger partial charge on any atom is 0.0136 e. The molecule has 1 aromatic carbocycles. The Morgan fingerprint density at radius 2 is 1.94 bits per heavy atom. The van der Waals surface area contributed by atoms with E-state index in [9.17, 15) is 0 Å². The number of hydrogen-bond donors (Lipinski definition) is 1. The van der Waals surface area contributed by atoms with E-state index in [1.54, 1.807) is 5.56 Å². The number of benzene rings is 1. The molecule has 1 aromatic rings. The first kappa shape index (κ1) is 12.6. The summed E-state index contributed by atoms with van der Waals surface area (Å²) in [6.45, 7) is 7.77. The zero-order valence-corrected chi connectivity index (χ0v) is 11.4. The van der Waals surface area contributed by atoms with Gasteiger partial charge in [0.1, 0.15) is 0 Å². The largest absolute Gasteiger partial charge is 0.314 e. The van der Waals surface area contributed by atoms with Crippen LogP contribution < -0.4 is 5.32 Å². The molecule has 2 rings (SSSR count). The van der Waals surface area contributed by atoms with Gasteiger partial charge < -0.3 is 5.32 Å². The molecule has 1 nitrogen and oxygen atoms in total. The summed E-state index contributed by atoms with van der Waals surface area (Å²) in [5.74, 6) is 0.726. The fourth-order valence-electron chi connectivity index (χ4n) is 3.17. The van der Waals surface area contributed by atoms with Crippen LogP contribution in [0.15, 0.2) is 18.2 Å². The minimum Gasteiger partial charge on any atom is -0.314 e. The Morgan fingerprint density at radius 1 is 1.18 bits per heavy atom. The zero-order chi connectivity index (χ0) is 12.3. The van der Waals surface area contributed by atoms with E-state index in [0.717, 1.165) is 12.5 Å². The summed E-state index contributed by atoms with van der Waals surface area (Å²) < 4.78 is 0. The summed E-state index contributed by atoms with van der Waals surface area (Å²) in [6, 6.07) is 7.59. The third kappa shape index (κ3) is 2.90. The molecule has 0 spiro atoms. The first-order valence-corrected chi connectivity index (χ1v) is 7.03. The predicted molar refractivity (Wildman–Crippen MR) is 74.6 cm³/mol. The molecule has 1 fully saturated rings. The molecule has 1 N–H and O–H groups in total. The van der Waals surface area contributed by atoms with E-state index >= 15 is 0 Å². The topological polar surface area (TPSA) is 12.0 Å². The molecule has 0 bridgehead atoms. The number of hydrogen-bond acceptors (Lipinski definition) is 1. The molecule has 0 aliphatic heterocycles. The fraction of sp³-hybridized carbons (Fsp3) is 0.625. The molecule has 0 heterocycles. The Balaban J connectivity index is 2.25. The molecule has 1 aliphatic carbocycles. The second kappa shape index (κ2) is 5.68. The molecule has 1 saturated carbocycles. The van der Waals surface area contributed by atoms with Crippen molar-refractivity contribution >= 4 is 0 Å². The highest BCUT2D eigenvalue weighted by Gasteiger charge is 2.26. The number of likely N-dealkylation sites (N-methyl/N-ethyl adjacent to an activating group) is 1. The van der Waals surface area contributed by atoms with Gasteiger partial charge in [-0.1, -0.05) is 43.5 Å². The van der Waals surface area contributed by atoms with Crippen molar-refractivity contribution in [3.05, 3.63) is 34.9 Å². The monoisotopic (exact) mass is 231 g/mol. The van der Waals surface area contributed by atoms with Crippen LogP contribution in [0, 0.1) is 13.8 Å². The SMILES string of the molecule is CCNC1CCCCC1c1cc(C)ccc1C. The van der Waals surface area contributed by atoms with Crippen LogP contribution in [0.1, 0.15) is 55.2 Å². The summed E-state index contributed by atoms with van der Waals surface area (Å²) in [4.78, 5) is 0. The maximum atomic E-state index is 3.68. The van der Waals surface area contributed by atoms with Gasteiger partial charge in [-0.3, -0.25) is 0 Å². The summed E-state index contributed by atoms with van der Waals surface area (Å²) in [5.41, 5.74) is 4.44. The summed E-state index contributed by atoms with van der Waals surface area (Å²) >= 11 is 0. The number of aryl methyl sites for hydroxylation is 2. The van der Waals surface area contributed by atoms with E-state index in [-0.39, 0.29) is 0 Å². The Morgan fingerprint density at radius 3 is 2.71 bits per heavy atom. The molecular formula is C16H25N. The molecule has 94 valence electrons. The molecule has 2 atom stereocenters. The Kier molecular flexibility index (Phi) is 4.22. The lowest BCUT2D eigenvalue weighted by atomic mass is 9.78. The van der Waals surface area contributed by atoms with Crippen molar-refractivity contribution in [3.63, 3.8) is 0 Å². The first-order valence-electron chi connectivity index (χ1n) is 7.03. The van der Waals surface area contributed by atoms with Gasteiger partial charge in [0.2, 0.25) is 0 Å². The van der Waals surface area contributed by atoms with Gasteiger partial charge in [0.05, 0.1) is 0 Å². The highest BCUT2D eigenvalue weighted by Crippen LogP contribution is 2.35. The lowest BCUT2D eigenvalue weighted by Gasteiger charge is -2.33. The van der Waals surface area contributed by atoms with Gasteiger partial charge in [-0.25, -0.2) is 0 Å². The second-order valence-corrected chi connectivity index (χ2v) is 5.42. The summed E-state index contributed by atoms with van der Waals surface area (Å²) in [7, 11) is 0. The van der Waals surface area contributed by atoms with Gasteiger partial charge in [-0.2, -0.15) is 0 Å². The molecule has 0 saturated heterocycles.